The number of hydrogen-bond acceptors (Lipinski definition) is 4. The number of aliphatic carboxylic acids is 1. The fraction of sp³-hybridized carbons (Fsp3) is 0.462. The van der Waals surface area contributed by atoms with E-state index in [2.05, 4.69) is 5.32 Å². The van der Waals surface area contributed by atoms with Crippen LogP contribution < -0.4 is 10.1 Å². The van der Waals surface area contributed by atoms with Gasteiger partial charge < -0.3 is 19.9 Å². The van der Waals surface area contributed by atoms with Gasteiger partial charge in [-0.3, -0.25) is 0 Å². The Labute approximate surface area is 107 Å². The quantitative estimate of drug-likeness (QED) is 0.777. The monoisotopic (exact) mass is 253 g/mol. The lowest BCUT2D eigenvalue weighted by molar-refractivity contribution is -0.144. The second kappa shape index (κ2) is 6.26. The molecule has 0 saturated carbocycles. The highest BCUT2D eigenvalue weighted by molar-refractivity contribution is 5.83. The average Bonchev–Trinajstić information content (AvgIpc) is 2.38. The van der Waals surface area contributed by atoms with Crippen molar-refractivity contribution in [2.75, 3.05) is 26.1 Å². The molecule has 0 aliphatic heterocycles. The molecule has 1 atom stereocenters. The van der Waals surface area contributed by atoms with Crippen LogP contribution in [0.25, 0.3) is 0 Å². The van der Waals surface area contributed by atoms with Gasteiger partial charge in [-0.05, 0) is 30.7 Å². The Hall–Kier alpha value is -1.75. The van der Waals surface area contributed by atoms with Crippen molar-refractivity contribution in [3.63, 3.8) is 0 Å². The average molecular weight is 253 g/mol. The molecule has 5 heteroatoms. The minimum absolute atomic E-state index is 0.102. The number of carbonyl (C=O) groups is 1. The summed E-state index contributed by atoms with van der Waals surface area (Å²) in [6, 6.07) is 7.11. The van der Waals surface area contributed by atoms with E-state index in [4.69, 9.17) is 9.47 Å². The first-order valence-electron chi connectivity index (χ1n) is 5.72. The molecule has 0 spiro atoms. The summed E-state index contributed by atoms with van der Waals surface area (Å²) >= 11 is 0. The fourth-order valence-electron chi connectivity index (χ4n) is 1.69. The van der Waals surface area contributed by atoms with E-state index >= 15 is 0 Å². The van der Waals surface area contributed by atoms with Crippen LogP contribution in [-0.2, 0) is 9.53 Å². The first kappa shape index (κ1) is 14.3. The minimum Gasteiger partial charge on any atom is -0.497 e. The molecule has 100 valence electrons. The summed E-state index contributed by atoms with van der Waals surface area (Å²) in [6.45, 7) is 1.91. The summed E-state index contributed by atoms with van der Waals surface area (Å²) < 4.78 is 10.1. The van der Waals surface area contributed by atoms with Crippen molar-refractivity contribution in [3.05, 3.63) is 24.3 Å². The number of methoxy groups -OCH3 is 2. The molecule has 0 amide bonds. The number of rotatable bonds is 7. The number of carboxylic acid groups (broad SMARTS) is 1. The molecule has 1 rings (SSSR count). The van der Waals surface area contributed by atoms with Crippen LogP contribution in [-0.4, -0.2) is 37.4 Å². The maximum absolute atomic E-state index is 11.4. The standard InChI is InChI=1S/C13H19NO4/c1-4-13(9-17-2,12(15)16)14-10-5-7-11(18-3)8-6-10/h5-8,14H,4,9H2,1-3H3,(H,15,16). The lowest BCUT2D eigenvalue weighted by atomic mass is 9.97. The molecule has 18 heavy (non-hydrogen) atoms. The Bertz CT molecular complexity index is 390. The molecule has 0 saturated heterocycles. The molecule has 0 aromatic heterocycles. The van der Waals surface area contributed by atoms with Gasteiger partial charge in [0.05, 0.1) is 13.7 Å². The number of carboxylic acids is 1. The van der Waals surface area contributed by atoms with E-state index in [1.54, 1.807) is 31.4 Å². The third kappa shape index (κ3) is 3.13. The Morgan fingerprint density at radius 1 is 1.33 bits per heavy atom. The zero-order chi connectivity index (χ0) is 13.6. The van der Waals surface area contributed by atoms with E-state index in [-0.39, 0.29) is 6.61 Å². The predicted octanol–water partition coefficient (Wildman–Crippen LogP) is 1.99. The van der Waals surface area contributed by atoms with Gasteiger partial charge in [-0.2, -0.15) is 0 Å². The minimum atomic E-state index is -1.11. The molecule has 0 heterocycles. The van der Waals surface area contributed by atoms with E-state index in [9.17, 15) is 9.90 Å². The van der Waals surface area contributed by atoms with E-state index in [0.717, 1.165) is 11.4 Å². The van der Waals surface area contributed by atoms with Crippen LogP contribution in [0.2, 0.25) is 0 Å². The molecule has 0 aliphatic carbocycles. The maximum atomic E-state index is 11.4. The van der Waals surface area contributed by atoms with Gasteiger partial charge in [0.15, 0.2) is 5.54 Å². The lowest BCUT2D eigenvalue weighted by Crippen LogP contribution is -2.49. The predicted molar refractivity (Wildman–Crippen MR) is 69.2 cm³/mol. The summed E-state index contributed by atoms with van der Waals surface area (Å²) in [7, 11) is 3.07. The smallest absolute Gasteiger partial charge is 0.331 e. The second-order valence-corrected chi connectivity index (χ2v) is 4.03. The van der Waals surface area contributed by atoms with Crippen molar-refractivity contribution < 1.29 is 19.4 Å². The fourth-order valence-corrected chi connectivity index (χ4v) is 1.69. The topological polar surface area (TPSA) is 67.8 Å². The number of anilines is 1. The van der Waals surface area contributed by atoms with Crippen LogP contribution in [0.15, 0.2) is 24.3 Å². The molecule has 0 radical (unpaired) electrons. The van der Waals surface area contributed by atoms with Crippen molar-refractivity contribution in [2.24, 2.45) is 0 Å². The Balaban J connectivity index is 2.91. The third-order valence-corrected chi connectivity index (χ3v) is 2.88. The van der Waals surface area contributed by atoms with Crippen LogP contribution in [0, 0.1) is 0 Å². The molecule has 2 N–H and O–H groups in total. The molecule has 0 bridgehead atoms. The Morgan fingerprint density at radius 3 is 2.33 bits per heavy atom. The van der Waals surface area contributed by atoms with Gasteiger partial charge in [-0.15, -0.1) is 0 Å². The molecule has 0 aliphatic rings. The van der Waals surface area contributed by atoms with Crippen LogP contribution in [0.3, 0.4) is 0 Å². The van der Waals surface area contributed by atoms with Gasteiger partial charge in [-0.25, -0.2) is 4.79 Å². The van der Waals surface area contributed by atoms with Gasteiger partial charge in [0.1, 0.15) is 5.75 Å². The third-order valence-electron chi connectivity index (χ3n) is 2.88. The summed E-state index contributed by atoms with van der Waals surface area (Å²) in [5, 5.41) is 12.4. The first-order chi connectivity index (χ1) is 8.57. The number of ether oxygens (including phenoxy) is 2. The summed E-state index contributed by atoms with van der Waals surface area (Å²) in [5.74, 6) is -0.201. The molecular weight excluding hydrogens is 234 g/mol. The summed E-state index contributed by atoms with van der Waals surface area (Å²) in [5.41, 5.74) is -0.388. The van der Waals surface area contributed by atoms with Crippen LogP contribution in [0.4, 0.5) is 5.69 Å². The zero-order valence-electron chi connectivity index (χ0n) is 10.9. The van der Waals surface area contributed by atoms with Crippen LogP contribution in [0.1, 0.15) is 13.3 Å². The summed E-state index contributed by atoms with van der Waals surface area (Å²) in [4.78, 5) is 11.4. The second-order valence-electron chi connectivity index (χ2n) is 4.03. The Kier molecular flexibility index (Phi) is 4.97. The molecule has 1 aromatic carbocycles. The molecule has 5 nitrogen and oxygen atoms in total. The van der Waals surface area contributed by atoms with Gasteiger partial charge in [0.2, 0.25) is 0 Å². The van der Waals surface area contributed by atoms with Gasteiger partial charge >= 0.3 is 5.97 Å². The first-order valence-corrected chi connectivity index (χ1v) is 5.72. The van der Waals surface area contributed by atoms with E-state index in [0.29, 0.717) is 6.42 Å². The number of nitrogens with one attached hydrogen (secondary N) is 1. The largest absolute Gasteiger partial charge is 0.497 e. The SMILES string of the molecule is CCC(COC)(Nc1ccc(OC)cc1)C(=O)O. The summed E-state index contributed by atoms with van der Waals surface area (Å²) in [6.07, 6.45) is 0.419. The molecule has 1 unspecified atom stereocenters. The van der Waals surface area contributed by atoms with E-state index < -0.39 is 11.5 Å². The molecular formula is C13H19NO4. The van der Waals surface area contributed by atoms with Crippen molar-refractivity contribution in [1.29, 1.82) is 0 Å². The van der Waals surface area contributed by atoms with Crippen LogP contribution >= 0.6 is 0 Å². The lowest BCUT2D eigenvalue weighted by Gasteiger charge is -2.29. The zero-order valence-corrected chi connectivity index (χ0v) is 10.9. The van der Waals surface area contributed by atoms with Gasteiger partial charge in [0, 0.05) is 12.8 Å². The normalized spacial score (nSPS) is 13.7. The molecule has 1 aromatic rings. The number of benzene rings is 1. The van der Waals surface area contributed by atoms with Gasteiger partial charge in [-0.1, -0.05) is 6.92 Å². The highest BCUT2D eigenvalue weighted by Crippen LogP contribution is 2.22. The highest BCUT2D eigenvalue weighted by atomic mass is 16.5. The van der Waals surface area contributed by atoms with Crippen molar-refractivity contribution in [3.8, 4) is 5.75 Å². The van der Waals surface area contributed by atoms with Crippen molar-refractivity contribution in [1.82, 2.24) is 0 Å². The van der Waals surface area contributed by atoms with Crippen molar-refractivity contribution in [2.45, 2.75) is 18.9 Å². The number of hydrogen-bond donors (Lipinski definition) is 2. The van der Waals surface area contributed by atoms with Crippen LogP contribution in [0.5, 0.6) is 5.75 Å². The van der Waals surface area contributed by atoms with E-state index in [1.165, 1.54) is 7.11 Å². The maximum Gasteiger partial charge on any atom is 0.331 e. The van der Waals surface area contributed by atoms with Crippen molar-refractivity contribution >= 4 is 11.7 Å². The Morgan fingerprint density at radius 2 is 1.94 bits per heavy atom. The van der Waals surface area contributed by atoms with Gasteiger partial charge in [0.25, 0.3) is 0 Å². The molecule has 0 fully saturated rings. The highest BCUT2D eigenvalue weighted by Gasteiger charge is 2.36. The van der Waals surface area contributed by atoms with E-state index in [1.807, 2.05) is 6.92 Å².